The van der Waals surface area contributed by atoms with E-state index in [4.69, 9.17) is 26.2 Å². The second-order valence-corrected chi connectivity index (χ2v) is 6.50. The van der Waals surface area contributed by atoms with E-state index in [1.54, 1.807) is 4.90 Å². The van der Waals surface area contributed by atoms with Gasteiger partial charge >= 0.3 is 0 Å². The predicted octanol–water partition coefficient (Wildman–Crippen LogP) is 2.69. The molecule has 0 aliphatic carbocycles. The molecule has 24 heavy (non-hydrogen) atoms. The number of amides is 1. The number of carbonyl (C=O) groups excluding carboxylic acids is 1. The van der Waals surface area contributed by atoms with Gasteiger partial charge in [-0.25, -0.2) is 0 Å². The zero-order valence-electron chi connectivity index (χ0n) is 13.5. The molecule has 0 radical (unpaired) electrons. The number of hydrogen-bond donors (Lipinski definition) is 1. The molecular weight excluding hydrogens is 330 g/mol. The fraction of sp³-hybridized carbons (Fsp3) is 0.500. The van der Waals surface area contributed by atoms with Crippen LogP contribution in [-0.4, -0.2) is 48.5 Å². The molecule has 0 saturated carbocycles. The Balaban J connectivity index is 1.71. The Labute approximate surface area is 146 Å². The van der Waals surface area contributed by atoms with E-state index < -0.39 is 6.29 Å². The SMILES string of the molecule is O=C(C1=C[C@@H](c2ccc(Cl)cc2)C[C@@H](OCCCCO)O1)N1CC1. The summed E-state index contributed by atoms with van der Waals surface area (Å²) >= 11 is 5.96. The Kier molecular flexibility index (Phi) is 5.76. The molecule has 130 valence electrons. The standard InChI is InChI=1S/C18H22ClNO4/c19-15-5-3-13(4-6-15)14-11-16(18(22)20-7-8-20)24-17(12-14)23-10-2-1-9-21/h3-6,11,14,17,21H,1-2,7-10,12H2/t14-,17+/m1/s1. The van der Waals surface area contributed by atoms with Crippen LogP contribution in [0.1, 0.15) is 30.7 Å². The lowest BCUT2D eigenvalue weighted by Gasteiger charge is -2.29. The van der Waals surface area contributed by atoms with Gasteiger partial charge in [0.2, 0.25) is 6.29 Å². The van der Waals surface area contributed by atoms with Gasteiger partial charge in [-0.1, -0.05) is 23.7 Å². The lowest BCUT2D eigenvalue weighted by molar-refractivity contribution is -0.149. The highest BCUT2D eigenvalue weighted by molar-refractivity contribution is 6.30. The maximum atomic E-state index is 12.3. The maximum Gasteiger partial charge on any atom is 0.288 e. The Morgan fingerprint density at radius 1 is 1.29 bits per heavy atom. The number of unbranched alkanes of at least 4 members (excludes halogenated alkanes) is 1. The number of aliphatic hydroxyl groups is 1. The van der Waals surface area contributed by atoms with Crippen LogP contribution < -0.4 is 0 Å². The lowest BCUT2D eigenvalue weighted by atomic mass is 9.93. The van der Waals surface area contributed by atoms with Crippen LogP contribution in [0.25, 0.3) is 0 Å². The fourth-order valence-electron chi connectivity index (χ4n) is 2.69. The van der Waals surface area contributed by atoms with E-state index >= 15 is 0 Å². The summed E-state index contributed by atoms with van der Waals surface area (Å²) in [5.74, 6) is 0.348. The van der Waals surface area contributed by atoms with Crippen LogP contribution in [0.5, 0.6) is 0 Å². The number of rotatable bonds is 7. The van der Waals surface area contributed by atoms with Gasteiger partial charge in [-0.15, -0.1) is 0 Å². The molecule has 5 nitrogen and oxygen atoms in total. The minimum absolute atomic E-state index is 0.0535. The molecule has 2 aliphatic rings. The second-order valence-electron chi connectivity index (χ2n) is 6.07. The summed E-state index contributed by atoms with van der Waals surface area (Å²) in [4.78, 5) is 14.1. The summed E-state index contributed by atoms with van der Waals surface area (Å²) in [6.07, 6.45) is 3.55. The van der Waals surface area contributed by atoms with E-state index in [1.807, 2.05) is 30.3 Å². The Hall–Kier alpha value is -1.56. The molecule has 1 amide bonds. The summed E-state index contributed by atoms with van der Waals surface area (Å²) < 4.78 is 11.5. The van der Waals surface area contributed by atoms with Gasteiger partial charge in [-0.2, -0.15) is 0 Å². The van der Waals surface area contributed by atoms with Crippen molar-refractivity contribution in [2.24, 2.45) is 0 Å². The number of carbonyl (C=O) groups is 1. The molecule has 2 heterocycles. The van der Waals surface area contributed by atoms with Crippen molar-refractivity contribution in [2.75, 3.05) is 26.3 Å². The molecule has 1 N–H and O–H groups in total. The molecule has 0 spiro atoms. The average Bonchev–Trinajstić information content (AvgIpc) is 3.43. The molecule has 2 atom stereocenters. The normalized spacial score (nSPS) is 22.8. The largest absolute Gasteiger partial charge is 0.459 e. The van der Waals surface area contributed by atoms with Gasteiger partial charge in [0.1, 0.15) is 0 Å². The van der Waals surface area contributed by atoms with E-state index in [0.717, 1.165) is 25.1 Å². The van der Waals surface area contributed by atoms with Crippen molar-refractivity contribution in [1.29, 1.82) is 0 Å². The van der Waals surface area contributed by atoms with Crippen molar-refractivity contribution in [1.82, 2.24) is 4.90 Å². The molecule has 3 rings (SSSR count). The second kappa shape index (κ2) is 8.01. The third-order valence-corrected chi connectivity index (χ3v) is 4.41. The fourth-order valence-corrected chi connectivity index (χ4v) is 2.82. The molecular formula is C18H22ClNO4. The molecule has 1 saturated heterocycles. The molecule has 6 heteroatoms. The molecule has 0 unspecified atom stereocenters. The number of hydrogen-bond acceptors (Lipinski definition) is 4. The molecule has 2 aliphatic heterocycles. The monoisotopic (exact) mass is 351 g/mol. The topological polar surface area (TPSA) is 58.8 Å². The number of ether oxygens (including phenoxy) is 2. The van der Waals surface area contributed by atoms with Crippen LogP contribution >= 0.6 is 11.6 Å². The first-order valence-corrected chi connectivity index (χ1v) is 8.71. The van der Waals surface area contributed by atoms with Gasteiger partial charge in [0, 0.05) is 37.1 Å². The number of nitrogens with zero attached hydrogens (tertiary/aromatic N) is 1. The van der Waals surface area contributed by atoms with Crippen molar-refractivity contribution in [3.05, 3.63) is 46.7 Å². The van der Waals surface area contributed by atoms with Gasteiger partial charge in [-0.3, -0.25) is 4.79 Å². The number of allylic oxidation sites excluding steroid dienone is 1. The number of aliphatic hydroxyl groups excluding tert-OH is 1. The smallest absolute Gasteiger partial charge is 0.288 e. The Morgan fingerprint density at radius 2 is 2.04 bits per heavy atom. The van der Waals surface area contributed by atoms with Crippen LogP contribution in [0.4, 0.5) is 0 Å². The lowest BCUT2D eigenvalue weighted by Crippen LogP contribution is -2.29. The van der Waals surface area contributed by atoms with Gasteiger partial charge in [0.25, 0.3) is 5.91 Å². The summed E-state index contributed by atoms with van der Waals surface area (Å²) in [5.41, 5.74) is 1.09. The zero-order chi connectivity index (χ0) is 16.9. The number of halogens is 1. The third kappa shape index (κ3) is 4.50. The van der Waals surface area contributed by atoms with E-state index in [0.29, 0.717) is 30.2 Å². The molecule has 1 fully saturated rings. The van der Waals surface area contributed by atoms with Crippen LogP contribution in [0, 0.1) is 0 Å². The highest BCUT2D eigenvalue weighted by Crippen LogP contribution is 2.33. The van der Waals surface area contributed by atoms with Crippen LogP contribution in [0.3, 0.4) is 0 Å². The van der Waals surface area contributed by atoms with Crippen LogP contribution in [-0.2, 0) is 14.3 Å². The van der Waals surface area contributed by atoms with Gasteiger partial charge < -0.3 is 19.5 Å². The average molecular weight is 352 g/mol. The van der Waals surface area contributed by atoms with Crippen molar-refractivity contribution < 1.29 is 19.4 Å². The Bertz CT molecular complexity index is 598. The zero-order valence-corrected chi connectivity index (χ0v) is 14.2. The molecule has 0 bridgehead atoms. The Morgan fingerprint density at radius 3 is 2.71 bits per heavy atom. The minimum Gasteiger partial charge on any atom is -0.459 e. The summed E-state index contributed by atoms with van der Waals surface area (Å²) in [7, 11) is 0. The summed E-state index contributed by atoms with van der Waals surface area (Å²) in [6.45, 7) is 2.23. The van der Waals surface area contributed by atoms with Crippen molar-refractivity contribution >= 4 is 17.5 Å². The number of benzene rings is 1. The van der Waals surface area contributed by atoms with Gasteiger partial charge in [0.15, 0.2) is 5.76 Å². The predicted molar refractivity (Wildman–Crippen MR) is 90.6 cm³/mol. The summed E-state index contributed by atoms with van der Waals surface area (Å²) in [5, 5.41) is 9.53. The first-order chi connectivity index (χ1) is 11.7. The van der Waals surface area contributed by atoms with Gasteiger partial charge in [-0.05, 0) is 36.6 Å². The minimum atomic E-state index is -0.451. The third-order valence-electron chi connectivity index (χ3n) is 4.16. The van der Waals surface area contributed by atoms with Gasteiger partial charge in [0.05, 0.1) is 6.61 Å². The van der Waals surface area contributed by atoms with Crippen LogP contribution in [0.2, 0.25) is 5.02 Å². The van der Waals surface area contributed by atoms with E-state index in [2.05, 4.69) is 0 Å². The van der Waals surface area contributed by atoms with Crippen molar-refractivity contribution in [3.8, 4) is 0 Å². The molecule has 1 aromatic rings. The first kappa shape index (κ1) is 17.3. The van der Waals surface area contributed by atoms with E-state index in [1.165, 1.54) is 0 Å². The van der Waals surface area contributed by atoms with Crippen molar-refractivity contribution in [3.63, 3.8) is 0 Å². The first-order valence-electron chi connectivity index (χ1n) is 8.33. The molecule has 0 aromatic heterocycles. The molecule has 1 aromatic carbocycles. The quantitative estimate of drug-likeness (QED) is 0.606. The van der Waals surface area contributed by atoms with Crippen molar-refractivity contribution in [2.45, 2.75) is 31.5 Å². The highest BCUT2D eigenvalue weighted by atomic mass is 35.5. The van der Waals surface area contributed by atoms with E-state index in [-0.39, 0.29) is 18.4 Å². The summed E-state index contributed by atoms with van der Waals surface area (Å²) in [6, 6.07) is 7.64. The van der Waals surface area contributed by atoms with Crippen LogP contribution in [0.15, 0.2) is 36.1 Å². The maximum absolute atomic E-state index is 12.3. The highest BCUT2D eigenvalue weighted by Gasteiger charge is 2.34. The van der Waals surface area contributed by atoms with E-state index in [9.17, 15) is 4.79 Å².